The third-order valence-corrected chi connectivity index (χ3v) is 3.15. The van der Waals surface area contributed by atoms with Crippen LogP contribution in [-0.2, 0) is 0 Å². The van der Waals surface area contributed by atoms with Gasteiger partial charge in [0, 0.05) is 0 Å². The summed E-state index contributed by atoms with van der Waals surface area (Å²) < 4.78 is 37.4. The summed E-state index contributed by atoms with van der Waals surface area (Å²) in [4.78, 5) is 0. The molecule has 1 nitrogen and oxygen atoms in total. The lowest BCUT2D eigenvalue weighted by Gasteiger charge is -2.29. The van der Waals surface area contributed by atoms with E-state index in [1.165, 1.54) is 12.1 Å². The number of alkyl halides is 3. The Morgan fingerprint density at radius 2 is 1.81 bits per heavy atom. The number of rotatable bonds is 2. The van der Waals surface area contributed by atoms with Crippen LogP contribution in [0.4, 0.5) is 13.2 Å². The van der Waals surface area contributed by atoms with Crippen LogP contribution in [0.2, 0.25) is 0 Å². The SMILES string of the molecule is O[C@@H](c1ccccc1C1CCC1)C(F)(F)F. The lowest BCUT2D eigenvalue weighted by Crippen LogP contribution is -2.23. The number of hydrogen-bond donors (Lipinski definition) is 1. The molecule has 0 spiro atoms. The Kier molecular flexibility index (Phi) is 2.93. The summed E-state index contributed by atoms with van der Waals surface area (Å²) in [5.41, 5.74) is 0.665. The Bertz CT molecular complexity index is 369. The number of benzene rings is 1. The van der Waals surface area contributed by atoms with Gasteiger partial charge in [-0.2, -0.15) is 13.2 Å². The first kappa shape index (κ1) is 11.5. The van der Waals surface area contributed by atoms with Crippen molar-refractivity contribution >= 4 is 0 Å². The van der Waals surface area contributed by atoms with Crippen molar-refractivity contribution in [2.75, 3.05) is 0 Å². The average molecular weight is 230 g/mol. The first-order valence-electron chi connectivity index (χ1n) is 5.34. The van der Waals surface area contributed by atoms with E-state index >= 15 is 0 Å². The number of halogens is 3. The standard InChI is InChI=1S/C12H13F3O/c13-12(14,15)11(16)10-7-2-1-6-9(10)8-4-3-5-8/h1-2,6-8,11,16H,3-5H2/t11-/m0/s1. The molecule has 4 heteroatoms. The molecule has 2 rings (SSSR count). The molecule has 0 amide bonds. The van der Waals surface area contributed by atoms with Crippen LogP contribution in [0.3, 0.4) is 0 Å². The van der Waals surface area contributed by atoms with Gasteiger partial charge in [0.05, 0.1) is 0 Å². The summed E-state index contributed by atoms with van der Waals surface area (Å²) >= 11 is 0. The Labute approximate surface area is 91.9 Å². The quantitative estimate of drug-likeness (QED) is 0.823. The molecule has 0 saturated heterocycles. The summed E-state index contributed by atoms with van der Waals surface area (Å²) in [5.74, 6) is 0.188. The van der Waals surface area contributed by atoms with Gasteiger partial charge >= 0.3 is 6.18 Å². The highest BCUT2D eigenvalue weighted by atomic mass is 19.4. The molecule has 1 saturated carbocycles. The van der Waals surface area contributed by atoms with Gasteiger partial charge in [-0.1, -0.05) is 30.7 Å². The van der Waals surface area contributed by atoms with Gasteiger partial charge < -0.3 is 5.11 Å². The van der Waals surface area contributed by atoms with Gasteiger partial charge in [-0.15, -0.1) is 0 Å². The minimum absolute atomic E-state index is 0.0136. The van der Waals surface area contributed by atoms with Crippen molar-refractivity contribution in [2.24, 2.45) is 0 Å². The van der Waals surface area contributed by atoms with Crippen molar-refractivity contribution < 1.29 is 18.3 Å². The van der Waals surface area contributed by atoms with Crippen molar-refractivity contribution in [1.29, 1.82) is 0 Å². The molecule has 1 aliphatic rings. The van der Waals surface area contributed by atoms with Crippen molar-refractivity contribution in [3.05, 3.63) is 35.4 Å². The lowest BCUT2D eigenvalue weighted by molar-refractivity contribution is -0.207. The molecular formula is C12H13F3O. The van der Waals surface area contributed by atoms with Crippen LogP contribution >= 0.6 is 0 Å². The molecule has 1 N–H and O–H groups in total. The fourth-order valence-corrected chi connectivity index (χ4v) is 2.03. The number of aliphatic hydroxyl groups excluding tert-OH is 1. The van der Waals surface area contributed by atoms with E-state index in [0.717, 1.165) is 19.3 Å². The predicted molar refractivity (Wildman–Crippen MR) is 54.0 cm³/mol. The van der Waals surface area contributed by atoms with Crippen LogP contribution in [0.15, 0.2) is 24.3 Å². The predicted octanol–water partition coefficient (Wildman–Crippen LogP) is 3.55. The van der Waals surface area contributed by atoms with Crippen LogP contribution in [0, 0.1) is 0 Å². The molecule has 88 valence electrons. The zero-order valence-electron chi connectivity index (χ0n) is 8.67. The zero-order chi connectivity index (χ0) is 11.8. The van der Waals surface area contributed by atoms with Crippen LogP contribution in [-0.4, -0.2) is 11.3 Å². The monoisotopic (exact) mass is 230 g/mol. The topological polar surface area (TPSA) is 20.2 Å². The Balaban J connectivity index is 2.32. The molecule has 0 bridgehead atoms. The van der Waals surface area contributed by atoms with E-state index < -0.39 is 12.3 Å². The van der Waals surface area contributed by atoms with Gasteiger partial charge in [0.25, 0.3) is 0 Å². The highest BCUT2D eigenvalue weighted by Gasteiger charge is 2.41. The maximum atomic E-state index is 12.5. The normalized spacial score (nSPS) is 19.2. The second-order valence-corrected chi connectivity index (χ2v) is 4.20. The lowest BCUT2D eigenvalue weighted by atomic mass is 9.77. The molecule has 1 aliphatic carbocycles. The van der Waals surface area contributed by atoms with E-state index in [4.69, 9.17) is 0 Å². The van der Waals surface area contributed by atoms with Crippen molar-refractivity contribution in [3.63, 3.8) is 0 Å². The van der Waals surface area contributed by atoms with Crippen LogP contribution in [0.5, 0.6) is 0 Å². The molecule has 16 heavy (non-hydrogen) atoms. The summed E-state index contributed by atoms with van der Waals surface area (Å²) in [6.07, 6.45) is -4.05. The molecule has 0 unspecified atom stereocenters. The van der Waals surface area contributed by atoms with E-state index in [1.807, 2.05) is 0 Å². The van der Waals surface area contributed by atoms with Gasteiger partial charge in [0.2, 0.25) is 0 Å². The Morgan fingerprint density at radius 1 is 1.19 bits per heavy atom. The summed E-state index contributed by atoms with van der Waals surface area (Å²) in [7, 11) is 0. The zero-order valence-corrected chi connectivity index (χ0v) is 8.67. The van der Waals surface area contributed by atoms with Gasteiger partial charge in [0.15, 0.2) is 6.10 Å². The molecule has 0 radical (unpaired) electrons. The molecule has 1 aromatic rings. The summed E-state index contributed by atoms with van der Waals surface area (Å²) in [6, 6.07) is 6.31. The van der Waals surface area contributed by atoms with E-state index in [-0.39, 0.29) is 11.5 Å². The van der Waals surface area contributed by atoms with Gasteiger partial charge in [0.1, 0.15) is 0 Å². The molecule has 1 aromatic carbocycles. The van der Waals surface area contributed by atoms with Crippen LogP contribution in [0.25, 0.3) is 0 Å². The fourth-order valence-electron chi connectivity index (χ4n) is 2.03. The molecule has 1 atom stereocenters. The Morgan fingerprint density at radius 3 is 2.31 bits per heavy atom. The third-order valence-electron chi connectivity index (χ3n) is 3.15. The van der Waals surface area contributed by atoms with Gasteiger partial charge in [-0.05, 0) is 29.9 Å². The summed E-state index contributed by atoms with van der Waals surface area (Å²) in [6.45, 7) is 0. The largest absolute Gasteiger partial charge is 0.418 e. The maximum absolute atomic E-state index is 12.5. The van der Waals surface area contributed by atoms with E-state index in [2.05, 4.69) is 0 Å². The van der Waals surface area contributed by atoms with E-state index in [0.29, 0.717) is 5.56 Å². The van der Waals surface area contributed by atoms with Crippen molar-refractivity contribution in [3.8, 4) is 0 Å². The highest BCUT2D eigenvalue weighted by molar-refractivity contribution is 5.34. The van der Waals surface area contributed by atoms with Crippen LogP contribution in [0.1, 0.15) is 42.4 Å². The first-order chi connectivity index (χ1) is 7.50. The van der Waals surface area contributed by atoms with Gasteiger partial charge in [-0.25, -0.2) is 0 Å². The average Bonchev–Trinajstić information content (AvgIpc) is 2.13. The molecule has 0 aliphatic heterocycles. The maximum Gasteiger partial charge on any atom is 0.418 e. The minimum atomic E-state index is -4.58. The van der Waals surface area contributed by atoms with Gasteiger partial charge in [-0.3, -0.25) is 0 Å². The van der Waals surface area contributed by atoms with E-state index in [1.54, 1.807) is 12.1 Å². The second kappa shape index (κ2) is 4.09. The molecule has 1 fully saturated rings. The third kappa shape index (κ3) is 2.07. The van der Waals surface area contributed by atoms with E-state index in [9.17, 15) is 18.3 Å². The number of aliphatic hydroxyl groups is 1. The van der Waals surface area contributed by atoms with Crippen LogP contribution < -0.4 is 0 Å². The molecule has 0 aromatic heterocycles. The smallest absolute Gasteiger partial charge is 0.379 e. The second-order valence-electron chi connectivity index (χ2n) is 4.20. The van der Waals surface area contributed by atoms with Crippen molar-refractivity contribution in [2.45, 2.75) is 37.5 Å². The first-order valence-corrected chi connectivity index (χ1v) is 5.34. The fraction of sp³-hybridized carbons (Fsp3) is 0.500. The summed E-state index contributed by atoms with van der Waals surface area (Å²) in [5, 5.41) is 9.28. The molecule has 0 heterocycles. The minimum Gasteiger partial charge on any atom is -0.379 e. The number of hydrogen-bond acceptors (Lipinski definition) is 1. The molecular weight excluding hydrogens is 217 g/mol. The highest BCUT2D eigenvalue weighted by Crippen LogP contribution is 2.42. The Hall–Kier alpha value is -1.03. The van der Waals surface area contributed by atoms with Crippen molar-refractivity contribution in [1.82, 2.24) is 0 Å².